The van der Waals surface area contributed by atoms with Crippen LogP contribution in [0.2, 0.25) is 0 Å². The van der Waals surface area contributed by atoms with Crippen LogP contribution in [0.1, 0.15) is 6.23 Å². The van der Waals surface area contributed by atoms with E-state index < -0.39 is 37.9 Å². The molecule has 2 fully saturated rings. The van der Waals surface area contributed by atoms with Crippen molar-refractivity contribution in [2.45, 2.75) is 24.5 Å². The Morgan fingerprint density at radius 3 is 2.79 bits per heavy atom. The number of halogens is 1. The van der Waals surface area contributed by atoms with Gasteiger partial charge in [0, 0.05) is 6.20 Å². The Kier molecular flexibility index (Phi) is 4.58. The average Bonchev–Trinajstić information content (AvgIpc) is 3.43. The van der Waals surface area contributed by atoms with Crippen molar-refractivity contribution in [1.82, 2.24) is 23.9 Å². The van der Waals surface area contributed by atoms with Crippen molar-refractivity contribution in [2.24, 2.45) is 0 Å². The molecule has 172 valence electrons. The van der Waals surface area contributed by atoms with E-state index in [0.29, 0.717) is 5.69 Å². The van der Waals surface area contributed by atoms with Gasteiger partial charge in [0.15, 0.2) is 22.1 Å². The normalized spacial score (nSPS) is 29.7. The number of phosphoric acid groups is 1. The monoisotopic (exact) mass is 538 g/mol. The molecule has 15 heteroatoms. The second-order valence-electron chi connectivity index (χ2n) is 7.62. The van der Waals surface area contributed by atoms with E-state index in [1.54, 1.807) is 18.3 Å². The summed E-state index contributed by atoms with van der Waals surface area (Å²) in [6, 6.07) is 6.40. The summed E-state index contributed by atoms with van der Waals surface area (Å²) in [5.74, 6) is 0.315. The first-order chi connectivity index (χ1) is 15.7. The molecule has 0 aliphatic carbocycles. The first-order valence-corrected chi connectivity index (χ1v) is 11.9. The topological polar surface area (TPSA) is 176 Å². The van der Waals surface area contributed by atoms with Gasteiger partial charge in [-0.3, -0.25) is 13.9 Å². The molecule has 13 nitrogen and oxygen atoms in total. The number of phenolic OH excluding ortho intramolecular Hbond substituents is 1. The van der Waals surface area contributed by atoms with E-state index in [1.165, 1.54) is 21.1 Å². The molecule has 2 aliphatic heterocycles. The van der Waals surface area contributed by atoms with Crippen molar-refractivity contribution in [2.75, 3.05) is 6.61 Å². The zero-order valence-electron chi connectivity index (χ0n) is 16.4. The predicted octanol–water partition coefficient (Wildman–Crippen LogP) is 0.649. The van der Waals surface area contributed by atoms with Crippen LogP contribution in [0.25, 0.3) is 28.2 Å². The number of hydrogen-bond donors (Lipinski definition) is 3. The zero-order chi connectivity index (χ0) is 23.1. The molecule has 3 aromatic heterocycles. The Balaban J connectivity index is 1.47. The molecule has 33 heavy (non-hydrogen) atoms. The number of nitrogens with zero attached hydrogens (tertiary/aromatic N) is 4. The van der Waals surface area contributed by atoms with E-state index in [1.807, 2.05) is 0 Å². The number of aromatic hydroxyl groups is 1. The van der Waals surface area contributed by atoms with Gasteiger partial charge in [0.1, 0.15) is 24.1 Å². The highest BCUT2D eigenvalue weighted by molar-refractivity contribution is 9.10. The maximum atomic E-state index is 13.1. The van der Waals surface area contributed by atoms with Crippen molar-refractivity contribution in [1.29, 1.82) is 0 Å². The number of benzene rings is 1. The number of fused-ring (bicyclic) bond motifs is 3. The quantitative estimate of drug-likeness (QED) is 0.242. The van der Waals surface area contributed by atoms with E-state index in [2.05, 4.69) is 35.4 Å². The number of H-pyrrole nitrogens is 1. The van der Waals surface area contributed by atoms with Gasteiger partial charge in [0.05, 0.1) is 12.3 Å². The van der Waals surface area contributed by atoms with Crippen LogP contribution >= 0.6 is 23.8 Å². The predicted molar refractivity (Wildman–Crippen MR) is 112 cm³/mol. The summed E-state index contributed by atoms with van der Waals surface area (Å²) in [4.78, 5) is 36.6. The van der Waals surface area contributed by atoms with Gasteiger partial charge in [-0.1, -0.05) is 0 Å². The van der Waals surface area contributed by atoms with Crippen LogP contribution in [-0.2, 0) is 18.3 Å². The molecule has 2 aliphatic rings. The Morgan fingerprint density at radius 1 is 1.27 bits per heavy atom. The molecule has 0 radical (unpaired) electrons. The summed E-state index contributed by atoms with van der Waals surface area (Å²) in [6.07, 6.45) is -2.99. The number of nitrogens with one attached hydrogen (secondary N) is 1. The van der Waals surface area contributed by atoms with Crippen LogP contribution in [0.4, 0.5) is 0 Å². The molecule has 5 atom stereocenters. The average molecular weight is 539 g/mol. The lowest BCUT2D eigenvalue weighted by Crippen LogP contribution is -2.41. The summed E-state index contributed by atoms with van der Waals surface area (Å²) in [7, 11) is -4.54. The molecule has 1 aromatic carbocycles. The maximum absolute atomic E-state index is 13.1. The highest BCUT2D eigenvalue weighted by atomic mass is 79.9. The van der Waals surface area contributed by atoms with Crippen LogP contribution in [0, 0.1) is 0 Å². The molecule has 5 heterocycles. The minimum Gasteiger partial charge on any atom is -0.756 e. The molecule has 6 rings (SSSR count). The highest BCUT2D eigenvalue weighted by Crippen LogP contribution is 2.50. The van der Waals surface area contributed by atoms with Crippen LogP contribution in [0.5, 0.6) is 5.75 Å². The van der Waals surface area contributed by atoms with Crippen LogP contribution in [-0.4, -0.2) is 59.1 Å². The third-order valence-electron chi connectivity index (χ3n) is 5.60. The van der Waals surface area contributed by atoms with Crippen LogP contribution in [0.3, 0.4) is 0 Å². The number of ether oxygens (including phenoxy) is 1. The fourth-order valence-electron chi connectivity index (χ4n) is 4.06. The number of aliphatic hydroxyl groups is 1. The number of rotatable bonds is 2. The summed E-state index contributed by atoms with van der Waals surface area (Å²) in [5, 5.41) is 20.3. The van der Waals surface area contributed by atoms with E-state index in [-0.39, 0.29) is 34.0 Å². The third-order valence-corrected chi connectivity index (χ3v) is 7.13. The molecule has 2 saturated heterocycles. The standard InChI is InChI=1S/C18H15BrN5O8P/c19-17-21-11-14(24(17)16-12(26)13-10(31-16)6-30-33(28,29)32-13)22-18-20-9(5-23(18)15(11)27)7-1-3-8(25)4-2-7/h1-5,10,12-13,16,25-26H,6H2,(H,20,22)(H,28,29)/p-1/t10?,12?,13-,16-/m1/s1. The summed E-state index contributed by atoms with van der Waals surface area (Å²) in [5.41, 5.74) is 0.951. The summed E-state index contributed by atoms with van der Waals surface area (Å²) < 4.78 is 29.8. The Morgan fingerprint density at radius 2 is 2.03 bits per heavy atom. The first kappa shape index (κ1) is 21.0. The maximum Gasteiger partial charge on any atom is 0.287 e. The van der Waals surface area contributed by atoms with Crippen molar-refractivity contribution in [3.8, 4) is 17.0 Å². The molecular weight excluding hydrogens is 525 g/mol. The fourth-order valence-corrected chi connectivity index (χ4v) is 5.55. The lowest BCUT2D eigenvalue weighted by atomic mass is 10.1. The molecule has 0 bridgehead atoms. The number of hydrogen-bond acceptors (Lipinski definition) is 10. The van der Waals surface area contributed by atoms with Crippen molar-refractivity contribution in [3.63, 3.8) is 0 Å². The zero-order valence-corrected chi connectivity index (χ0v) is 18.8. The van der Waals surface area contributed by atoms with Crippen molar-refractivity contribution < 1.29 is 33.5 Å². The van der Waals surface area contributed by atoms with Crippen molar-refractivity contribution >= 4 is 40.7 Å². The van der Waals surface area contributed by atoms with E-state index >= 15 is 0 Å². The second-order valence-corrected chi connectivity index (χ2v) is 9.69. The molecule has 3 N–H and O–H groups in total. The SMILES string of the molecule is O=c1c2nc(Br)n([C@@H]3OC4COP(=O)([O-])O[C@H]4C3O)c2nc2[nH]c(-c3ccc(O)cc3)cn12. The number of aliphatic hydroxyl groups excluding tert-OH is 1. The summed E-state index contributed by atoms with van der Waals surface area (Å²) >= 11 is 3.27. The van der Waals surface area contributed by atoms with Gasteiger partial charge in [-0.15, -0.1) is 0 Å². The first-order valence-electron chi connectivity index (χ1n) is 9.67. The fraction of sp³-hybridized carbons (Fsp3) is 0.278. The Labute approximate surface area is 191 Å². The molecule has 3 unspecified atom stereocenters. The van der Waals surface area contributed by atoms with E-state index in [4.69, 9.17) is 9.26 Å². The van der Waals surface area contributed by atoms with Gasteiger partial charge in [-0.25, -0.2) is 9.38 Å². The van der Waals surface area contributed by atoms with Gasteiger partial charge < -0.3 is 33.9 Å². The van der Waals surface area contributed by atoms with Gasteiger partial charge in [-0.05, 0) is 45.8 Å². The highest BCUT2D eigenvalue weighted by Gasteiger charge is 2.51. The van der Waals surface area contributed by atoms with Crippen molar-refractivity contribution in [3.05, 3.63) is 45.5 Å². The minimum absolute atomic E-state index is 0.00738. The van der Waals surface area contributed by atoms with Gasteiger partial charge in [0.2, 0.25) is 5.78 Å². The smallest absolute Gasteiger partial charge is 0.287 e. The second kappa shape index (κ2) is 7.21. The molecule has 0 saturated carbocycles. The lowest BCUT2D eigenvalue weighted by molar-refractivity contribution is -0.245. The number of phenols is 1. The number of aromatic amines is 1. The molecule has 0 spiro atoms. The number of aromatic nitrogens is 5. The van der Waals surface area contributed by atoms with Gasteiger partial charge in [-0.2, -0.15) is 4.98 Å². The largest absolute Gasteiger partial charge is 0.756 e. The van der Waals surface area contributed by atoms with Crippen LogP contribution in [0.15, 0.2) is 40.0 Å². The molecule has 0 amide bonds. The number of imidazole rings is 2. The third kappa shape index (κ3) is 3.26. The molecular formula is C18H14BrN5O8P-. The van der Waals surface area contributed by atoms with Crippen LogP contribution < -0.4 is 10.5 Å². The van der Waals surface area contributed by atoms with Gasteiger partial charge in [0.25, 0.3) is 13.4 Å². The summed E-state index contributed by atoms with van der Waals surface area (Å²) in [6.45, 7) is -0.309. The minimum atomic E-state index is -4.54. The lowest BCUT2D eigenvalue weighted by Gasteiger charge is -2.34. The number of phosphoric ester groups is 1. The van der Waals surface area contributed by atoms with E-state index in [0.717, 1.165) is 5.56 Å². The Hall–Kier alpha value is -2.58. The Bertz CT molecular complexity index is 1510. The van der Waals surface area contributed by atoms with Gasteiger partial charge >= 0.3 is 0 Å². The molecule has 4 aromatic rings. The van der Waals surface area contributed by atoms with E-state index in [9.17, 15) is 24.5 Å².